The van der Waals surface area contributed by atoms with Gasteiger partial charge < -0.3 is 9.15 Å². The van der Waals surface area contributed by atoms with Gasteiger partial charge in [0.2, 0.25) is 0 Å². The van der Waals surface area contributed by atoms with Crippen molar-refractivity contribution >= 4 is 0 Å². The van der Waals surface area contributed by atoms with Crippen LogP contribution in [0.15, 0.2) is 35.5 Å². The minimum Gasteiger partial charge on any atom is -0.468 e. The molecule has 1 aliphatic heterocycles. The standard InChI is InChI=1S/C18H24N4O2/c1-2-9-23-13-17-18-16(22(20-19-18)11-14-5-6-14)7-8-21(17)12-15-4-3-10-24-15/h2-4,10,14,17H,1,5-9,11-13H2. The predicted molar refractivity (Wildman–Crippen MR) is 89.3 cm³/mol. The Bertz CT molecular complexity index is 675. The van der Waals surface area contributed by atoms with E-state index in [1.54, 1.807) is 12.3 Å². The second-order valence-corrected chi connectivity index (χ2v) is 6.69. The lowest BCUT2D eigenvalue weighted by molar-refractivity contribution is 0.0561. The zero-order valence-electron chi connectivity index (χ0n) is 13.9. The van der Waals surface area contributed by atoms with Crippen LogP contribution in [0.1, 0.15) is 36.0 Å². The van der Waals surface area contributed by atoms with Gasteiger partial charge >= 0.3 is 0 Å². The molecular formula is C18H24N4O2. The Hall–Kier alpha value is -1.92. The Kier molecular flexibility index (Phi) is 4.49. The molecule has 0 radical (unpaired) electrons. The lowest BCUT2D eigenvalue weighted by Crippen LogP contribution is -2.38. The van der Waals surface area contributed by atoms with Crippen LogP contribution in [0.5, 0.6) is 0 Å². The Labute approximate surface area is 142 Å². The molecule has 2 aromatic heterocycles. The molecule has 6 nitrogen and oxygen atoms in total. The Morgan fingerprint density at radius 1 is 1.42 bits per heavy atom. The average Bonchev–Trinajstić information content (AvgIpc) is 3.08. The third-order valence-corrected chi connectivity index (χ3v) is 4.84. The molecule has 0 N–H and O–H groups in total. The maximum absolute atomic E-state index is 5.76. The largest absolute Gasteiger partial charge is 0.468 e. The molecule has 0 bridgehead atoms. The minimum atomic E-state index is 0.117. The second-order valence-electron chi connectivity index (χ2n) is 6.69. The van der Waals surface area contributed by atoms with Crippen LogP contribution in [-0.4, -0.2) is 39.7 Å². The van der Waals surface area contributed by atoms with Gasteiger partial charge in [-0.3, -0.25) is 4.90 Å². The van der Waals surface area contributed by atoms with Gasteiger partial charge in [-0.05, 0) is 30.9 Å². The van der Waals surface area contributed by atoms with Gasteiger partial charge in [0.1, 0.15) is 11.5 Å². The van der Waals surface area contributed by atoms with E-state index in [1.165, 1.54) is 18.5 Å². The molecule has 1 aliphatic carbocycles. The minimum absolute atomic E-state index is 0.117. The van der Waals surface area contributed by atoms with E-state index in [0.717, 1.165) is 43.4 Å². The van der Waals surface area contributed by atoms with Crippen molar-refractivity contribution in [2.24, 2.45) is 5.92 Å². The summed E-state index contributed by atoms with van der Waals surface area (Å²) < 4.78 is 13.4. The summed E-state index contributed by atoms with van der Waals surface area (Å²) in [6, 6.07) is 4.06. The Morgan fingerprint density at radius 2 is 2.33 bits per heavy atom. The Balaban J connectivity index is 1.54. The smallest absolute Gasteiger partial charge is 0.117 e. The van der Waals surface area contributed by atoms with E-state index in [9.17, 15) is 0 Å². The summed E-state index contributed by atoms with van der Waals surface area (Å²) in [5.41, 5.74) is 2.35. The number of furan rings is 1. The summed E-state index contributed by atoms with van der Waals surface area (Å²) in [6.07, 6.45) is 7.13. The number of aromatic nitrogens is 3. The normalized spacial score (nSPS) is 20.9. The monoisotopic (exact) mass is 328 g/mol. The van der Waals surface area contributed by atoms with Crippen LogP contribution < -0.4 is 0 Å². The zero-order chi connectivity index (χ0) is 16.4. The third kappa shape index (κ3) is 3.30. The Morgan fingerprint density at radius 3 is 3.08 bits per heavy atom. The van der Waals surface area contributed by atoms with Gasteiger partial charge in [0.25, 0.3) is 0 Å². The van der Waals surface area contributed by atoms with Crippen molar-refractivity contribution in [3.05, 3.63) is 48.2 Å². The molecule has 2 aliphatic rings. The first kappa shape index (κ1) is 15.6. The van der Waals surface area contributed by atoms with Gasteiger partial charge in [-0.2, -0.15) is 0 Å². The van der Waals surface area contributed by atoms with Crippen LogP contribution in [0, 0.1) is 5.92 Å². The van der Waals surface area contributed by atoms with Crippen molar-refractivity contribution in [2.75, 3.05) is 19.8 Å². The van der Waals surface area contributed by atoms with Gasteiger partial charge in [0.05, 0.1) is 37.8 Å². The van der Waals surface area contributed by atoms with Gasteiger partial charge in [0.15, 0.2) is 0 Å². The predicted octanol–water partition coefficient (Wildman–Crippen LogP) is 2.58. The number of ether oxygens (including phenoxy) is 1. The second kappa shape index (κ2) is 6.91. The summed E-state index contributed by atoms with van der Waals surface area (Å²) in [5.74, 6) is 1.77. The number of fused-ring (bicyclic) bond motifs is 1. The fourth-order valence-electron chi connectivity index (χ4n) is 3.37. The van der Waals surface area contributed by atoms with Gasteiger partial charge in [-0.1, -0.05) is 11.3 Å². The summed E-state index contributed by atoms with van der Waals surface area (Å²) in [5, 5.41) is 8.94. The summed E-state index contributed by atoms with van der Waals surface area (Å²) in [4.78, 5) is 2.38. The molecule has 24 heavy (non-hydrogen) atoms. The molecular weight excluding hydrogens is 304 g/mol. The fourth-order valence-corrected chi connectivity index (χ4v) is 3.37. The molecule has 0 saturated heterocycles. The van der Waals surface area contributed by atoms with E-state index in [-0.39, 0.29) is 6.04 Å². The lowest BCUT2D eigenvalue weighted by atomic mass is 10.0. The van der Waals surface area contributed by atoms with Gasteiger partial charge in [0, 0.05) is 19.5 Å². The maximum atomic E-state index is 5.76. The first-order valence-electron chi connectivity index (χ1n) is 8.72. The zero-order valence-corrected chi connectivity index (χ0v) is 13.9. The molecule has 6 heteroatoms. The van der Waals surface area contributed by atoms with Crippen molar-refractivity contribution in [3.8, 4) is 0 Å². The molecule has 1 atom stereocenters. The van der Waals surface area contributed by atoms with Gasteiger partial charge in [-0.25, -0.2) is 4.68 Å². The molecule has 0 spiro atoms. The van der Waals surface area contributed by atoms with Crippen LogP contribution in [-0.2, 0) is 24.2 Å². The van der Waals surface area contributed by atoms with E-state index in [1.807, 2.05) is 12.1 Å². The van der Waals surface area contributed by atoms with E-state index >= 15 is 0 Å². The number of hydrogen-bond donors (Lipinski definition) is 0. The molecule has 0 amide bonds. The highest BCUT2D eigenvalue weighted by atomic mass is 16.5. The highest BCUT2D eigenvalue weighted by Crippen LogP contribution is 2.34. The van der Waals surface area contributed by atoms with Crippen LogP contribution in [0.4, 0.5) is 0 Å². The number of rotatable bonds is 8. The summed E-state index contributed by atoms with van der Waals surface area (Å²) >= 11 is 0. The molecule has 0 aromatic carbocycles. The molecule has 4 rings (SSSR count). The first-order chi connectivity index (χ1) is 11.8. The van der Waals surface area contributed by atoms with Crippen molar-refractivity contribution in [2.45, 2.75) is 38.4 Å². The molecule has 1 saturated carbocycles. The molecule has 1 fully saturated rings. The van der Waals surface area contributed by atoms with Crippen molar-refractivity contribution in [1.82, 2.24) is 19.9 Å². The first-order valence-corrected chi connectivity index (χ1v) is 8.72. The van der Waals surface area contributed by atoms with E-state index < -0.39 is 0 Å². The number of nitrogens with zero attached hydrogens (tertiary/aromatic N) is 4. The van der Waals surface area contributed by atoms with E-state index in [4.69, 9.17) is 9.15 Å². The quantitative estimate of drug-likeness (QED) is 0.551. The highest BCUT2D eigenvalue weighted by Gasteiger charge is 2.34. The average molecular weight is 328 g/mol. The number of hydrogen-bond acceptors (Lipinski definition) is 5. The van der Waals surface area contributed by atoms with E-state index in [0.29, 0.717) is 13.2 Å². The lowest BCUT2D eigenvalue weighted by Gasteiger charge is -2.34. The van der Waals surface area contributed by atoms with Crippen LogP contribution >= 0.6 is 0 Å². The third-order valence-electron chi connectivity index (χ3n) is 4.84. The van der Waals surface area contributed by atoms with E-state index in [2.05, 4.69) is 26.5 Å². The molecule has 1 unspecified atom stereocenters. The maximum Gasteiger partial charge on any atom is 0.117 e. The van der Waals surface area contributed by atoms with Gasteiger partial charge in [-0.15, -0.1) is 11.7 Å². The van der Waals surface area contributed by atoms with Crippen molar-refractivity contribution in [1.29, 1.82) is 0 Å². The topological polar surface area (TPSA) is 56.3 Å². The van der Waals surface area contributed by atoms with Crippen LogP contribution in [0.25, 0.3) is 0 Å². The molecule has 2 aromatic rings. The fraction of sp³-hybridized carbons (Fsp3) is 0.556. The molecule has 128 valence electrons. The highest BCUT2D eigenvalue weighted by molar-refractivity contribution is 5.20. The van der Waals surface area contributed by atoms with Crippen LogP contribution in [0.3, 0.4) is 0 Å². The van der Waals surface area contributed by atoms with Crippen molar-refractivity contribution < 1.29 is 9.15 Å². The molecule has 3 heterocycles. The summed E-state index contributed by atoms with van der Waals surface area (Å²) in [7, 11) is 0. The van der Waals surface area contributed by atoms with Crippen LogP contribution in [0.2, 0.25) is 0 Å². The SMILES string of the molecule is C=CCOCC1c2nnn(CC3CC3)c2CCN1Cc1ccco1. The summed E-state index contributed by atoms with van der Waals surface area (Å²) in [6.45, 7) is 7.63. The van der Waals surface area contributed by atoms with Crippen molar-refractivity contribution in [3.63, 3.8) is 0 Å².